The van der Waals surface area contributed by atoms with Gasteiger partial charge in [0.05, 0.1) is 0 Å². The first-order chi connectivity index (χ1) is 18.0. The first kappa shape index (κ1) is 27.2. The van der Waals surface area contributed by atoms with Crippen LogP contribution in [0.4, 0.5) is 0 Å². The van der Waals surface area contributed by atoms with Crippen LogP contribution in [0.25, 0.3) is 0 Å². The molecule has 4 aromatic carbocycles. The van der Waals surface area contributed by atoms with Crippen LogP contribution < -0.4 is 20.7 Å². The molecule has 0 aliphatic heterocycles. The molecule has 1 unspecified atom stereocenters. The Morgan fingerprint density at radius 1 is 0.658 bits per heavy atom. The van der Waals surface area contributed by atoms with Crippen LogP contribution in [0, 0.1) is 0 Å². The van der Waals surface area contributed by atoms with Gasteiger partial charge < -0.3 is 0 Å². The van der Waals surface area contributed by atoms with E-state index in [0.717, 1.165) is 5.75 Å². The van der Waals surface area contributed by atoms with Gasteiger partial charge in [-0.1, -0.05) is 0 Å². The van der Waals surface area contributed by atoms with Gasteiger partial charge in [-0.2, -0.15) is 0 Å². The molecule has 198 valence electrons. The standard InChI is InChI=1S/C35H40BrOP/c1-26(30-24-31-32(25-33(30)37-6)35(4,5)23-22-34(31,2)3)38(36,27-16-10-7-11-17-27,28-18-12-8-13-19-28)29-20-14-9-15-21-29/h7-21,24-26H,22-23H2,1-6H3. The molecule has 5 rings (SSSR count). The summed E-state index contributed by atoms with van der Waals surface area (Å²) in [6, 6.07) is 38.1. The molecule has 1 aliphatic carbocycles. The molecule has 4 aromatic rings. The Morgan fingerprint density at radius 2 is 1.03 bits per heavy atom. The Labute approximate surface area is 237 Å². The molecular weight excluding hydrogens is 547 g/mol. The summed E-state index contributed by atoms with van der Waals surface area (Å²) in [5, 5.41) is 0.725. The molecule has 38 heavy (non-hydrogen) atoms. The Bertz CT molecular complexity index is 1330. The predicted octanol–water partition coefficient (Wildman–Crippen LogP) is 8.94. The summed E-state index contributed by atoms with van der Waals surface area (Å²) < 4.78 is 6.24. The van der Waals surface area contributed by atoms with Gasteiger partial charge in [0, 0.05) is 0 Å². The third-order valence-corrected chi connectivity index (χ3v) is 20.3. The SMILES string of the molecule is COc1cc2c(cc1C(C)P(Br)(c1ccccc1)(c1ccccc1)c1ccccc1)C(C)(C)CCC2(C)C. The van der Waals surface area contributed by atoms with E-state index in [1.807, 2.05) is 7.11 Å². The molecule has 1 aliphatic rings. The summed E-state index contributed by atoms with van der Waals surface area (Å²) in [6.45, 7) is 12.0. The Kier molecular flexibility index (Phi) is 6.90. The maximum atomic E-state index is 6.24. The van der Waals surface area contributed by atoms with Crippen molar-refractivity contribution in [3.63, 3.8) is 0 Å². The molecule has 0 spiro atoms. The average molecular weight is 588 g/mol. The summed E-state index contributed by atoms with van der Waals surface area (Å²) in [7, 11) is 1.83. The van der Waals surface area contributed by atoms with Gasteiger partial charge >= 0.3 is 238 Å². The fraction of sp³-hybridized carbons (Fsp3) is 0.314. The van der Waals surface area contributed by atoms with Gasteiger partial charge in [0.15, 0.2) is 0 Å². The maximum absolute atomic E-state index is 6.24. The summed E-state index contributed by atoms with van der Waals surface area (Å²) in [6.07, 6.45) is 2.36. The van der Waals surface area contributed by atoms with Crippen molar-refractivity contribution in [3.8, 4) is 5.75 Å². The average Bonchev–Trinajstić information content (AvgIpc) is 2.95. The second-order valence-electron chi connectivity index (χ2n) is 12.2. The van der Waals surface area contributed by atoms with Crippen LogP contribution in [0.3, 0.4) is 0 Å². The Hall–Kier alpha value is -2.41. The molecule has 1 atom stereocenters. The molecule has 0 radical (unpaired) electrons. The Morgan fingerprint density at radius 3 is 1.39 bits per heavy atom. The molecule has 0 bridgehead atoms. The molecule has 1 nitrogen and oxygen atoms in total. The van der Waals surface area contributed by atoms with E-state index >= 15 is 0 Å². The van der Waals surface area contributed by atoms with Gasteiger partial charge in [-0.15, -0.1) is 0 Å². The van der Waals surface area contributed by atoms with Gasteiger partial charge in [0.25, 0.3) is 0 Å². The zero-order chi connectivity index (χ0) is 27.2. The van der Waals surface area contributed by atoms with E-state index in [1.54, 1.807) is 0 Å². The quantitative estimate of drug-likeness (QED) is 0.205. The molecule has 3 heteroatoms. The third kappa shape index (κ3) is 3.99. The van der Waals surface area contributed by atoms with Crippen molar-refractivity contribution >= 4 is 36.7 Å². The minimum absolute atomic E-state index is 0.106. The number of rotatable bonds is 6. The van der Waals surface area contributed by atoms with E-state index in [2.05, 4.69) is 138 Å². The van der Waals surface area contributed by atoms with Crippen LogP contribution in [-0.4, -0.2) is 7.11 Å². The van der Waals surface area contributed by atoms with E-state index in [4.69, 9.17) is 20.2 Å². The molecule has 0 saturated carbocycles. The zero-order valence-corrected chi connectivity index (χ0v) is 26.0. The fourth-order valence-corrected chi connectivity index (χ4v) is 14.7. The van der Waals surface area contributed by atoms with Crippen LogP contribution in [0.1, 0.15) is 69.8 Å². The number of benzene rings is 4. The van der Waals surface area contributed by atoms with Gasteiger partial charge in [-0.05, 0) is 0 Å². The first-order valence-corrected chi connectivity index (χ1v) is 18.0. The van der Waals surface area contributed by atoms with Crippen LogP contribution in [-0.2, 0) is 10.8 Å². The van der Waals surface area contributed by atoms with Crippen molar-refractivity contribution in [2.75, 3.05) is 7.11 Å². The van der Waals surface area contributed by atoms with E-state index in [0.29, 0.717) is 0 Å². The van der Waals surface area contributed by atoms with Crippen molar-refractivity contribution in [2.45, 2.75) is 63.9 Å². The number of halogens is 1. The molecular formula is C35H40BrOP. The summed E-state index contributed by atoms with van der Waals surface area (Å²) in [5.41, 5.74) is 4.50. The van der Waals surface area contributed by atoms with Gasteiger partial charge in [0.2, 0.25) is 0 Å². The normalized spacial score (nSPS) is 18.0. The minimum atomic E-state index is -3.24. The van der Waals surface area contributed by atoms with Crippen molar-refractivity contribution in [1.82, 2.24) is 0 Å². The molecule has 0 amide bonds. The first-order valence-electron chi connectivity index (χ1n) is 13.7. The van der Waals surface area contributed by atoms with Crippen molar-refractivity contribution in [3.05, 3.63) is 120 Å². The summed E-state index contributed by atoms with van der Waals surface area (Å²) in [5.74, 6) is 0.985. The van der Waals surface area contributed by atoms with E-state index in [1.165, 1.54) is 45.4 Å². The zero-order valence-electron chi connectivity index (χ0n) is 23.5. The van der Waals surface area contributed by atoms with Crippen molar-refractivity contribution in [2.24, 2.45) is 0 Å². The topological polar surface area (TPSA) is 9.23 Å². The molecule has 0 saturated heterocycles. The Balaban J connectivity index is 1.91. The third-order valence-electron chi connectivity index (χ3n) is 9.16. The van der Waals surface area contributed by atoms with Crippen LogP contribution in [0.5, 0.6) is 5.75 Å². The van der Waals surface area contributed by atoms with Gasteiger partial charge in [-0.3, -0.25) is 0 Å². The van der Waals surface area contributed by atoms with Crippen molar-refractivity contribution < 1.29 is 4.74 Å². The van der Waals surface area contributed by atoms with Crippen LogP contribution in [0.2, 0.25) is 0 Å². The number of methoxy groups -OCH3 is 1. The number of hydrogen-bond acceptors (Lipinski definition) is 1. The van der Waals surface area contributed by atoms with Crippen LogP contribution in [0.15, 0.2) is 103 Å². The molecule has 0 N–H and O–H groups in total. The van der Waals surface area contributed by atoms with E-state index in [-0.39, 0.29) is 16.5 Å². The summed E-state index contributed by atoms with van der Waals surface area (Å²) in [4.78, 5) is 0. The molecule has 0 fully saturated rings. The van der Waals surface area contributed by atoms with Crippen molar-refractivity contribution in [1.29, 1.82) is 0 Å². The van der Waals surface area contributed by atoms with E-state index < -0.39 is 5.31 Å². The number of hydrogen-bond donors (Lipinski definition) is 0. The molecule has 0 heterocycles. The molecule has 0 aromatic heterocycles. The second kappa shape index (κ2) is 9.65. The van der Waals surface area contributed by atoms with Gasteiger partial charge in [0.1, 0.15) is 0 Å². The van der Waals surface area contributed by atoms with Gasteiger partial charge in [-0.25, -0.2) is 0 Å². The van der Waals surface area contributed by atoms with E-state index in [9.17, 15) is 0 Å². The monoisotopic (exact) mass is 586 g/mol. The second-order valence-corrected chi connectivity index (χ2v) is 21.1. The number of ether oxygens (including phenoxy) is 1. The number of fused-ring (bicyclic) bond motifs is 1. The summed E-state index contributed by atoms with van der Waals surface area (Å²) >= 11 is 4.71. The fourth-order valence-electron chi connectivity index (χ4n) is 6.65. The predicted molar refractivity (Wildman–Crippen MR) is 171 cm³/mol. The van der Waals surface area contributed by atoms with Crippen LogP contribution >= 0.6 is 20.8 Å².